The summed E-state index contributed by atoms with van der Waals surface area (Å²) in [7, 11) is 0. The van der Waals surface area contributed by atoms with Gasteiger partial charge in [-0.05, 0) is 85.8 Å². The number of aromatic nitrogens is 5. The third-order valence-corrected chi connectivity index (χ3v) is 5.99. The quantitative estimate of drug-likeness (QED) is 0.203. The smallest absolute Gasteiger partial charge is 0.178 e. The van der Waals surface area contributed by atoms with Crippen LogP contribution in [0, 0.1) is 0 Å². The molecule has 6 rings (SSSR count). The molecule has 7 nitrogen and oxygen atoms in total. The second-order valence-electron chi connectivity index (χ2n) is 8.54. The molecule has 37 heavy (non-hydrogen) atoms. The van der Waals surface area contributed by atoms with Crippen molar-refractivity contribution in [1.29, 1.82) is 0 Å². The Morgan fingerprint density at radius 2 is 1.22 bits per heavy atom. The Bertz CT molecular complexity index is 1570. The van der Waals surface area contributed by atoms with Gasteiger partial charge in [-0.2, -0.15) is 0 Å². The molecule has 186 valence electrons. The summed E-state index contributed by atoms with van der Waals surface area (Å²) in [6.45, 7) is 3.07. The van der Waals surface area contributed by atoms with Crippen LogP contribution in [-0.4, -0.2) is 36.5 Å². The van der Waals surface area contributed by atoms with E-state index in [4.69, 9.17) is 11.6 Å². The van der Waals surface area contributed by atoms with E-state index in [1.54, 1.807) is 43.6 Å². The van der Waals surface area contributed by atoms with Crippen molar-refractivity contribution in [3.05, 3.63) is 101 Å². The van der Waals surface area contributed by atoms with Crippen LogP contribution < -0.4 is 0 Å². The molecule has 0 fully saturated rings. The highest BCUT2D eigenvalue weighted by Gasteiger charge is 2.12. The highest BCUT2D eigenvalue weighted by molar-refractivity contribution is 6.29. The number of hydrogen-bond acceptors (Lipinski definition) is 7. The fourth-order valence-electron chi connectivity index (χ4n) is 3.86. The number of carbonyl (C=O) groups excluding carboxylic acids is 2. The Hall–Kier alpha value is -4.10. The van der Waals surface area contributed by atoms with Gasteiger partial charge in [0, 0.05) is 31.9 Å². The first-order valence-corrected chi connectivity index (χ1v) is 12.4. The van der Waals surface area contributed by atoms with Gasteiger partial charge in [0.2, 0.25) is 0 Å². The summed E-state index contributed by atoms with van der Waals surface area (Å²) in [5, 5.41) is 0.505. The number of aryl methyl sites for hydroxylation is 2. The second kappa shape index (κ2) is 12.2. The second-order valence-corrected chi connectivity index (χ2v) is 8.92. The lowest BCUT2D eigenvalue weighted by atomic mass is 9.96. The fourth-order valence-corrected chi connectivity index (χ4v) is 4.02. The molecule has 0 aliphatic heterocycles. The van der Waals surface area contributed by atoms with Crippen molar-refractivity contribution < 1.29 is 9.59 Å². The minimum Gasteiger partial charge on any atom is -0.293 e. The zero-order valence-electron chi connectivity index (χ0n) is 20.7. The average molecular weight is 512 g/mol. The van der Waals surface area contributed by atoms with Gasteiger partial charge >= 0.3 is 0 Å². The van der Waals surface area contributed by atoms with Gasteiger partial charge in [0.1, 0.15) is 16.5 Å². The molecule has 1 aliphatic carbocycles. The highest BCUT2D eigenvalue weighted by Crippen LogP contribution is 2.19. The van der Waals surface area contributed by atoms with Crippen LogP contribution >= 0.6 is 11.6 Å². The molecule has 0 atom stereocenters. The molecule has 5 aromatic rings. The van der Waals surface area contributed by atoms with Crippen molar-refractivity contribution in [2.45, 2.75) is 39.5 Å². The summed E-state index contributed by atoms with van der Waals surface area (Å²) in [6, 6.07) is 18.3. The molecular formula is C29H26ClN5O2. The van der Waals surface area contributed by atoms with Gasteiger partial charge in [0.15, 0.2) is 11.6 Å². The van der Waals surface area contributed by atoms with Crippen molar-refractivity contribution in [3.63, 3.8) is 0 Å². The van der Waals surface area contributed by atoms with Gasteiger partial charge < -0.3 is 0 Å². The molecule has 0 aromatic carbocycles. The number of ketones is 2. The lowest BCUT2D eigenvalue weighted by Gasteiger charge is -2.14. The normalized spacial score (nSPS) is 12.0. The molecule has 0 radical (unpaired) electrons. The molecule has 0 amide bonds. The number of rotatable bonds is 2. The van der Waals surface area contributed by atoms with E-state index in [1.165, 1.54) is 25.3 Å². The third kappa shape index (κ3) is 6.98. The average Bonchev–Trinajstić information content (AvgIpc) is 2.93. The summed E-state index contributed by atoms with van der Waals surface area (Å²) in [6.07, 6.45) is 8.07. The van der Waals surface area contributed by atoms with Crippen molar-refractivity contribution in [1.82, 2.24) is 24.9 Å². The SMILES string of the molecule is CC(=O)c1ccc2c(n1)CCCC2.CC(=O)c1ccc2ncccc2n1.Clc1ccc2ncccc2n1. The highest BCUT2D eigenvalue weighted by atomic mass is 35.5. The zero-order valence-corrected chi connectivity index (χ0v) is 21.4. The summed E-state index contributed by atoms with van der Waals surface area (Å²) in [5.74, 6) is 0.0409. The minimum atomic E-state index is -0.0225. The summed E-state index contributed by atoms with van der Waals surface area (Å²) in [4.78, 5) is 42.9. The van der Waals surface area contributed by atoms with Gasteiger partial charge in [-0.15, -0.1) is 0 Å². The molecular weight excluding hydrogens is 486 g/mol. The molecule has 0 unspecified atom stereocenters. The number of halogens is 1. The van der Waals surface area contributed by atoms with Gasteiger partial charge in [0.25, 0.3) is 0 Å². The van der Waals surface area contributed by atoms with Gasteiger partial charge in [-0.3, -0.25) is 19.6 Å². The molecule has 0 saturated heterocycles. The molecule has 1 aliphatic rings. The van der Waals surface area contributed by atoms with E-state index in [9.17, 15) is 9.59 Å². The maximum atomic E-state index is 11.1. The number of carbonyl (C=O) groups is 2. The molecule has 0 saturated carbocycles. The van der Waals surface area contributed by atoms with Crippen LogP contribution in [0.25, 0.3) is 22.1 Å². The van der Waals surface area contributed by atoms with Crippen LogP contribution in [0.2, 0.25) is 5.15 Å². The van der Waals surface area contributed by atoms with E-state index in [0.29, 0.717) is 16.5 Å². The zero-order chi connectivity index (χ0) is 26.2. The first-order valence-electron chi connectivity index (χ1n) is 12.0. The van der Waals surface area contributed by atoms with Gasteiger partial charge in [0.05, 0.1) is 22.1 Å². The predicted molar refractivity (Wildman–Crippen MR) is 145 cm³/mol. The van der Waals surface area contributed by atoms with Crippen molar-refractivity contribution >= 4 is 45.2 Å². The molecule has 5 heterocycles. The van der Waals surface area contributed by atoms with Crippen LogP contribution in [0.15, 0.2) is 73.1 Å². The number of nitrogens with zero attached hydrogens (tertiary/aromatic N) is 5. The van der Waals surface area contributed by atoms with Gasteiger partial charge in [-0.25, -0.2) is 15.0 Å². The minimum absolute atomic E-state index is 0.0225. The maximum Gasteiger partial charge on any atom is 0.178 e. The Morgan fingerprint density at radius 1 is 0.649 bits per heavy atom. The number of hydrogen-bond donors (Lipinski definition) is 0. The summed E-state index contributed by atoms with van der Waals surface area (Å²) >= 11 is 5.68. The Labute approximate surface area is 220 Å². The monoisotopic (exact) mass is 511 g/mol. The fraction of sp³-hybridized carbons (Fsp3) is 0.207. The van der Waals surface area contributed by atoms with Crippen LogP contribution in [-0.2, 0) is 12.8 Å². The van der Waals surface area contributed by atoms with E-state index in [2.05, 4.69) is 31.0 Å². The van der Waals surface area contributed by atoms with Crippen LogP contribution in [0.3, 0.4) is 0 Å². The Balaban J connectivity index is 0.000000130. The van der Waals surface area contributed by atoms with Crippen molar-refractivity contribution in [2.75, 3.05) is 0 Å². The largest absolute Gasteiger partial charge is 0.293 e. The Kier molecular flexibility index (Phi) is 8.59. The molecule has 8 heteroatoms. The first-order chi connectivity index (χ1) is 17.9. The molecule has 0 bridgehead atoms. The van der Waals surface area contributed by atoms with Crippen LogP contribution in [0.4, 0.5) is 0 Å². The number of pyridine rings is 5. The summed E-state index contributed by atoms with van der Waals surface area (Å²) in [5.41, 5.74) is 6.84. The van der Waals surface area contributed by atoms with Crippen molar-refractivity contribution in [3.8, 4) is 0 Å². The molecule has 5 aromatic heterocycles. The van der Waals surface area contributed by atoms with Crippen molar-refractivity contribution in [2.24, 2.45) is 0 Å². The van der Waals surface area contributed by atoms with Gasteiger partial charge in [-0.1, -0.05) is 17.7 Å². The Morgan fingerprint density at radius 3 is 1.89 bits per heavy atom. The van der Waals surface area contributed by atoms with E-state index in [0.717, 1.165) is 40.6 Å². The third-order valence-electron chi connectivity index (χ3n) is 5.78. The van der Waals surface area contributed by atoms with E-state index in [-0.39, 0.29) is 11.6 Å². The van der Waals surface area contributed by atoms with E-state index >= 15 is 0 Å². The molecule has 0 N–H and O–H groups in total. The number of fused-ring (bicyclic) bond motifs is 3. The van der Waals surface area contributed by atoms with E-state index < -0.39 is 0 Å². The van der Waals surface area contributed by atoms with Crippen LogP contribution in [0.5, 0.6) is 0 Å². The standard InChI is InChI=1S/C11H13NO.C10H8N2O.C8H5ClN2/c1-8(13)10-7-6-9-4-2-3-5-11(9)12-10;1-7(13)8-4-5-9-10(12-8)3-2-6-11-9;9-8-4-3-6-7(11-8)2-1-5-10-6/h6-7H,2-5H2,1H3;2-6H,1H3;1-5H. The topological polar surface area (TPSA) is 98.6 Å². The maximum absolute atomic E-state index is 11.1. The lowest BCUT2D eigenvalue weighted by Crippen LogP contribution is -2.08. The number of Topliss-reactive ketones (excluding diaryl/α,β-unsaturated/α-hetero) is 2. The predicted octanol–water partition coefficient (Wildman–Crippen LogP) is 6.28. The molecule has 0 spiro atoms. The first kappa shape index (κ1) is 26.0. The summed E-state index contributed by atoms with van der Waals surface area (Å²) < 4.78 is 0. The van der Waals surface area contributed by atoms with Crippen LogP contribution in [0.1, 0.15) is 58.9 Å². The lowest BCUT2D eigenvalue weighted by molar-refractivity contribution is 0.100. The van der Waals surface area contributed by atoms with E-state index in [1.807, 2.05) is 30.3 Å².